The summed E-state index contributed by atoms with van der Waals surface area (Å²) in [5.41, 5.74) is 3.39. The Morgan fingerprint density at radius 2 is 1.83 bits per heavy atom. The van der Waals surface area contributed by atoms with Crippen LogP contribution in [-0.4, -0.2) is 64.3 Å². The molecule has 30 heavy (non-hydrogen) atoms. The summed E-state index contributed by atoms with van der Waals surface area (Å²) in [6.07, 6.45) is -2.87. The monoisotopic (exact) mass is 452 g/mol. The molecule has 162 valence electrons. The normalized spacial score (nSPS) is 28.3. The summed E-state index contributed by atoms with van der Waals surface area (Å²) < 4.78 is 11.6. The number of ether oxygens (including phenoxy) is 2. The first kappa shape index (κ1) is 21.9. The van der Waals surface area contributed by atoms with Gasteiger partial charge in [0.25, 0.3) is 0 Å². The quantitative estimate of drug-likeness (QED) is 0.515. The van der Waals surface area contributed by atoms with Crippen LogP contribution >= 0.6 is 23.4 Å². The van der Waals surface area contributed by atoms with Crippen molar-refractivity contribution in [3.63, 3.8) is 0 Å². The van der Waals surface area contributed by atoms with Crippen LogP contribution in [0.5, 0.6) is 5.75 Å². The highest BCUT2D eigenvalue weighted by Crippen LogP contribution is 2.44. The lowest BCUT2D eigenvalue weighted by molar-refractivity contribution is -0.231. The van der Waals surface area contributed by atoms with Gasteiger partial charge in [-0.3, -0.25) is 0 Å². The summed E-state index contributed by atoms with van der Waals surface area (Å²) in [7, 11) is 0. The summed E-state index contributed by atoms with van der Waals surface area (Å²) in [5, 5.41) is 41.0. The van der Waals surface area contributed by atoms with Crippen molar-refractivity contribution < 1.29 is 29.9 Å². The Morgan fingerprint density at radius 1 is 1.10 bits per heavy atom. The third-order valence-electron chi connectivity index (χ3n) is 5.78. The Hall–Kier alpha value is -1.32. The van der Waals surface area contributed by atoms with Crippen molar-refractivity contribution in [3.05, 3.63) is 57.6 Å². The molecule has 1 saturated heterocycles. The maximum atomic E-state index is 10.6. The predicted molar refractivity (Wildman–Crippen MR) is 114 cm³/mol. The molecule has 2 heterocycles. The van der Waals surface area contributed by atoms with Gasteiger partial charge in [0.2, 0.25) is 0 Å². The first-order valence-corrected chi connectivity index (χ1v) is 11.4. The maximum absolute atomic E-state index is 10.6. The molecule has 1 fully saturated rings. The van der Waals surface area contributed by atoms with Crippen molar-refractivity contribution in [1.29, 1.82) is 0 Å². The molecule has 0 aliphatic carbocycles. The minimum atomic E-state index is -1.43. The number of fused-ring (bicyclic) bond motifs is 1. The Morgan fingerprint density at radius 3 is 2.50 bits per heavy atom. The first-order chi connectivity index (χ1) is 14.4. The van der Waals surface area contributed by atoms with E-state index in [0.29, 0.717) is 35.8 Å². The molecule has 2 aliphatic heterocycles. The number of benzene rings is 2. The molecule has 4 N–H and O–H groups in total. The van der Waals surface area contributed by atoms with Crippen LogP contribution in [0.3, 0.4) is 0 Å². The van der Waals surface area contributed by atoms with Crippen LogP contribution in [0, 0.1) is 0 Å². The minimum absolute atomic E-state index is 0.464. The van der Waals surface area contributed by atoms with Crippen LogP contribution in [0.1, 0.15) is 28.4 Å². The number of hydrogen-bond donors (Lipinski definition) is 4. The Bertz CT molecular complexity index is 903. The van der Waals surface area contributed by atoms with E-state index in [4.69, 9.17) is 21.1 Å². The number of halogens is 1. The molecular weight excluding hydrogens is 428 g/mol. The van der Waals surface area contributed by atoms with Gasteiger partial charge in [0.1, 0.15) is 36.3 Å². The molecule has 0 amide bonds. The molecule has 2 aromatic carbocycles. The summed E-state index contributed by atoms with van der Waals surface area (Å²) in [6, 6.07) is 10.1. The van der Waals surface area contributed by atoms with E-state index in [-0.39, 0.29) is 0 Å². The molecular formula is C22H25ClO6S. The van der Waals surface area contributed by atoms with E-state index in [0.717, 1.165) is 16.7 Å². The molecule has 4 rings (SSSR count). The number of aliphatic hydroxyl groups is 4. The van der Waals surface area contributed by atoms with Gasteiger partial charge in [-0.1, -0.05) is 29.8 Å². The Kier molecular flexibility index (Phi) is 6.60. The van der Waals surface area contributed by atoms with Gasteiger partial charge < -0.3 is 29.9 Å². The molecule has 0 unspecified atom stereocenters. The van der Waals surface area contributed by atoms with Crippen molar-refractivity contribution in [2.45, 2.75) is 48.3 Å². The molecule has 2 aliphatic rings. The molecule has 0 bridgehead atoms. The van der Waals surface area contributed by atoms with Gasteiger partial charge in [-0.15, -0.1) is 11.8 Å². The van der Waals surface area contributed by atoms with Gasteiger partial charge in [0, 0.05) is 16.9 Å². The van der Waals surface area contributed by atoms with E-state index in [2.05, 4.69) is 12.1 Å². The van der Waals surface area contributed by atoms with Crippen LogP contribution in [-0.2, 0) is 17.6 Å². The molecule has 0 aromatic heterocycles. The largest absolute Gasteiger partial charge is 0.491 e. The second kappa shape index (κ2) is 9.04. The fourth-order valence-corrected chi connectivity index (χ4v) is 4.81. The SMILES string of the molecule is CSc1ccc(Cc2cc([C@@H]3O[C@H](CO)[C@@H](O)[C@H](O)[C@H]3O)c3c(c2Cl)OCC3)cc1. The van der Waals surface area contributed by atoms with Crippen molar-refractivity contribution in [1.82, 2.24) is 0 Å². The van der Waals surface area contributed by atoms with Crippen LogP contribution in [0.4, 0.5) is 0 Å². The third kappa shape index (κ3) is 3.96. The zero-order valence-corrected chi connectivity index (χ0v) is 18.1. The van der Waals surface area contributed by atoms with E-state index >= 15 is 0 Å². The summed E-state index contributed by atoms with van der Waals surface area (Å²) in [5.74, 6) is 0.571. The lowest BCUT2D eigenvalue weighted by Crippen LogP contribution is -2.55. The Labute approximate surface area is 184 Å². The van der Waals surface area contributed by atoms with E-state index in [1.54, 1.807) is 11.8 Å². The lowest BCUT2D eigenvalue weighted by atomic mass is 9.87. The second-order valence-electron chi connectivity index (χ2n) is 7.62. The van der Waals surface area contributed by atoms with Gasteiger partial charge in [-0.05, 0) is 41.5 Å². The number of aliphatic hydroxyl groups excluding tert-OH is 4. The molecule has 0 spiro atoms. The average molecular weight is 453 g/mol. The summed E-state index contributed by atoms with van der Waals surface area (Å²) in [6.45, 7) is -0.00623. The lowest BCUT2D eigenvalue weighted by Gasteiger charge is -2.40. The first-order valence-electron chi connectivity index (χ1n) is 9.85. The molecule has 5 atom stereocenters. The summed E-state index contributed by atoms with van der Waals surface area (Å²) >= 11 is 8.33. The van der Waals surface area contributed by atoms with Crippen LogP contribution in [0.15, 0.2) is 35.2 Å². The van der Waals surface area contributed by atoms with Gasteiger partial charge in [-0.2, -0.15) is 0 Å². The van der Waals surface area contributed by atoms with E-state index in [1.807, 2.05) is 24.5 Å². The number of hydrogen-bond acceptors (Lipinski definition) is 7. The third-order valence-corrected chi connectivity index (χ3v) is 6.94. The van der Waals surface area contributed by atoms with E-state index in [9.17, 15) is 20.4 Å². The van der Waals surface area contributed by atoms with Crippen LogP contribution in [0.25, 0.3) is 0 Å². The molecule has 2 aromatic rings. The second-order valence-corrected chi connectivity index (χ2v) is 8.88. The van der Waals surface area contributed by atoms with Crippen molar-refractivity contribution >= 4 is 23.4 Å². The molecule has 6 nitrogen and oxygen atoms in total. The zero-order valence-electron chi connectivity index (χ0n) is 16.5. The minimum Gasteiger partial charge on any atom is -0.491 e. The number of thioether (sulfide) groups is 1. The van der Waals surface area contributed by atoms with Crippen molar-refractivity contribution in [2.24, 2.45) is 0 Å². The zero-order chi connectivity index (χ0) is 21.4. The maximum Gasteiger partial charge on any atom is 0.141 e. The van der Waals surface area contributed by atoms with Crippen molar-refractivity contribution in [3.8, 4) is 5.75 Å². The topological polar surface area (TPSA) is 99.4 Å². The van der Waals surface area contributed by atoms with E-state index in [1.165, 1.54) is 4.90 Å². The van der Waals surface area contributed by atoms with Gasteiger partial charge in [0.15, 0.2) is 0 Å². The predicted octanol–water partition coefficient (Wildman–Crippen LogP) is 2.10. The smallest absolute Gasteiger partial charge is 0.141 e. The van der Waals surface area contributed by atoms with Gasteiger partial charge in [-0.25, -0.2) is 0 Å². The van der Waals surface area contributed by atoms with Crippen LogP contribution in [0.2, 0.25) is 5.02 Å². The molecule has 0 saturated carbocycles. The highest BCUT2D eigenvalue weighted by atomic mass is 35.5. The van der Waals surface area contributed by atoms with Gasteiger partial charge in [0.05, 0.1) is 18.2 Å². The van der Waals surface area contributed by atoms with E-state index < -0.39 is 37.1 Å². The fraction of sp³-hybridized carbons (Fsp3) is 0.455. The number of rotatable bonds is 5. The van der Waals surface area contributed by atoms with Crippen LogP contribution < -0.4 is 4.74 Å². The average Bonchev–Trinajstić information content (AvgIpc) is 3.26. The molecule has 8 heteroatoms. The standard InChI is InChI=1S/C22H25ClO6S/c1-30-13-4-2-11(3-5-13)8-12-9-15(14-6-7-28-21(14)17(12)23)22-20(27)19(26)18(25)16(10-24)29-22/h2-5,9,16,18-20,22,24-27H,6-8,10H2,1H3/t16-,18-,19+,20-,22+/m1/s1. The highest BCUT2D eigenvalue weighted by molar-refractivity contribution is 7.98. The van der Waals surface area contributed by atoms with Crippen molar-refractivity contribution in [2.75, 3.05) is 19.5 Å². The summed E-state index contributed by atoms with van der Waals surface area (Å²) in [4.78, 5) is 1.17. The molecule has 0 radical (unpaired) electrons. The Balaban J connectivity index is 1.73. The highest BCUT2D eigenvalue weighted by Gasteiger charge is 2.45. The van der Waals surface area contributed by atoms with Gasteiger partial charge >= 0.3 is 0 Å². The fourth-order valence-electron chi connectivity index (χ4n) is 4.12.